The summed E-state index contributed by atoms with van der Waals surface area (Å²) in [6, 6.07) is 7.04. The molecule has 1 N–H and O–H groups in total. The monoisotopic (exact) mass is 319 g/mol. The zero-order valence-electron chi connectivity index (χ0n) is 12.2. The minimum atomic E-state index is -3.23. The smallest absolute Gasteiger partial charge is 0.228 e. The van der Waals surface area contributed by atoms with Gasteiger partial charge in [-0.1, -0.05) is 6.07 Å². The van der Waals surface area contributed by atoms with Crippen molar-refractivity contribution >= 4 is 21.8 Å². The Kier molecular flexibility index (Phi) is 4.04. The molecule has 0 radical (unpaired) electrons. The second kappa shape index (κ2) is 5.98. The Balaban J connectivity index is 1.85. The van der Waals surface area contributed by atoms with Crippen LogP contribution in [0.4, 0.5) is 11.8 Å². The van der Waals surface area contributed by atoms with Gasteiger partial charge in [0.1, 0.15) is 5.82 Å². The summed E-state index contributed by atoms with van der Waals surface area (Å²) >= 11 is 0. The fourth-order valence-corrected chi connectivity index (χ4v) is 3.74. The van der Waals surface area contributed by atoms with Crippen molar-refractivity contribution in [3.63, 3.8) is 0 Å². The number of hydrogen-bond acceptors (Lipinski definition) is 6. The van der Waals surface area contributed by atoms with E-state index in [1.807, 2.05) is 18.2 Å². The number of aromatic nitrogens is 3. The van der Waals surface area contributed by atoms with E-state index in [1.54, 1.807) is 18.5 Å². The molecule has 0 bridgehead atoms. The van der Waals surface area contributed by atoms with Crippen molar-refractivity contribution in [1.29, 1.82) is 0 Å². The number of hydrogen-bond donors (Lipinski definition) is 1. The normalized spacial score (nSPS) is 19.2. The molecule has 2 aromatic heterocycles. The summed E-state index contributed by atoms with van der Waals surface area (Å²) in [5, 5.41) is 3.02. The maximum Gasteiger partial charge on any atom is 0.228 e. The third-order valence-electron chi connectivity index (χ3n) is 3.55. The van der Waals surface area contributed by atoms with Gasteiger partial charge in [0.05, 0.1) is 18.0 Å². The molecule has 7 nitrogen and oxygen atoms in total. The van der Waals surface area contributed by atoms with Crippen molar-refractivity contribution in [2.45, 2.75) is 18.9 Å². The molecule has 0 aromatic carbocycles. The summed E-state index contributed by atoms with van der Waals surface area (Å²) in [7, 11) is -3.23. The van der Waals surface area contributed by atoms with E-state index in [1.165, 1.54) is 10.6 Å². The molecule has 22 heavy (non-hydrogen) atoms. The highest BCUT2D eigenvalue weighted by atomic mass is 32.2. The standard InChI is InChI=1S/C14H17N5O2S/c1-22(20,21)19-10-4-5-12(19)11-7-9-16-14(17-11)18-13-6-2-3-8-15-13/h2-3,6-9,12H,4-5,10H2,1H3,(H,15,16,17,18)/t12-/m1/s1. The fraction of sp³-hybridized carbons (Fsp3) is 0.357. The Labute approximate surface area is 129 Å². The zero-order valence-corrected chi connectivity index (χ0v) is 13.0. The summed E-state index contributed by atoms with van der Waals surface area (Å²) in [6.07, 6.45) is 6.15. The van der Waals surface area contributed by atoms with Gasteiger partial charge in [-0.25, -0.2) is 23.4 Å². The molecule has 1 aliphatic heterocycles. The van der Waals surface area contributed by atoms with E-state index in [0.717, 1.165) is 12.8 Å². The molecule has 3 rings (SSSR count). The van der Waals surface area contributed by atoms with Crippen LogP contribution in [0, 0.1) is 0 Å². The van der Waals surface area contributed by atoms with Gasteiger partial charge in [0.15, 0.2) is 0 Å². The van der Waals surface area contributed by atoms with E-state index in [0.29, 0.717) is 24.0 Å². The van der Waals surface area contributed by atoms with Crippen LogP contribution < -0.4 is 5.32 Å². The van der Waals surface area contributed by atoms with E-state index in [-0.39, 0.29) is 6.04 Å². The summed E-state index contributed by atoms with van der Waals surface area (Å²) in [5.74, 6) is 1.06. The van der Waals surface area contributed by atoms with Crippen molar-refractivity contribution in [1.82, 2.24) is 19.3 Å². The summed E-state index contributed by atoms with van der Waals surface area (Å²) in [4.78, 5) is 12.8. The van der Waals surface area contributed by atoms with Crippen molar-refractivity contribution < 1.29 is 8.42 Å². The number of pyridine rings is 1. The lowest BCUT2D eigenvalue weighted by Gasteiger charge is -2.21. The van der Waals surface area contributed by atoms with Gasteiger partial charge in [-0.15, -0.1) is 0 Å². The van der Waals surface area contributed by atoms with E-state index in [4.69, 9.17) is 0 Å². The van der Waals surface area contributed by atoms with Crippen molar-refractivity contribution in [3.05, 3.63) is 42.4 Å². The maximum atomic E-state index is 11.9. The molecule has 0 aliphatic carbocycles. The number of rotatable bonds is 4. The molecule has 1 aliphatic rings. The van der Waals surface area contributed by atoms with E-state index in [9.17, 15) is 8.42 Å². The Morgan fingerprint density at radius 3 is 2.82 bits per heavy atom. The predicted molar refractivity (Wildman–Crippen MR) is 83.1 cm³/mol. The second-order valence-corrected chi connectivity index (χ2v) is 7.11. The molecule has 116 valence electrons. The Morgan fingerprint density at radius 2 is 2.09 bits per heavy atom. The molecule has 0 spiro atoms. The third-order valence-corrected chi connectivity index (χ3v) is 4.84. The lowest BCUT2D eigenvalue weighted by Crippen LogP contribution is -2.30. The van der Waals surface area contributed by atoms with E-state index >= 15 is 0 Å². The molecule has 2 aromatic rings. The first kappa shape index (κ1) is 14.9. The zero-order chi connectivity index (χ0) is 15.6. The Bertz CT molecular complexity index is 751. The molecule has 1 atom stereocenters. The van der Waals surface area contributed by atoms with Crippen LogP contribution in [0.15, 0.2) is 36.7 Å². The molecule has 1 saturated heterocycles. The number of nitrogens with zero attached hydrogens (tertiary/aromatic N) is 4. The van der Waals surface area contributed by atoms with Crippen LogP contribution >= 0.6 is 0 Å². The van der Waals surface area contributed by atoms with Crippen LogP contribution in [0.5, 0.6) is 0 Å². The predicted octanol–water partition coefficient (Wildman–Crippen LogP) is 1.71. The largest absolute Gasteiger partial charge is 0.309 e. The molecule has 3 heterocycles. The topological polar surface area (TPSA) is 88.1 Å². The summed E-state index contributed by atoms with van der Waals surface area (Å²) < 4.78 is 25.2. The Hall–Kier alpha value is -2.06. The maximum absolute atomic E-state index is 11.9. The highest BCUT2D eigenvalue weighted by molar-refractivity contribution is 7.88. The Morgan fingerprint density at radius 1 is 1.23 bits per heavy atom. The van der Waals surface area contributed by atoms with E-state index in [2.05, 4.69) is 20.3 Å². The average Bonchev–Trinajstić information content (AvgIpc) is 2.98. The summed E-state index contributed by atoms with van der Waals surface area (Å²) in [6.45, 7) is 0.538. The van der Waals surface area contributed by atoms with E-state index < -0.39 is 10.0 Å². The number of anilines is 2. The SMILES string of the molecule is CS(=O)(=O)N1CCC[C@@H]1c1ccnc(Nc2ccccn2)n1. The average molecular weight is 319 g/mol. The van der Waals surface area contributed by atoms with Gasteiger partial charge < -0.3 is 5.32 Å². The van der Waals surface area contributed by atoms with Gasteiger partial charge in [-0.2, -0.15) is 4.31 Å². The number of nitrogens with one attached hydrogen (secondary N) is 1. The van der Waals surface area contributed by atoms with Crippen LogP contribution in [0.2, 0.25) is 0 Å². The molecular formula is C14H17N5O2S. The van der Waals surface area contributed by atoms with Crippen LogP contribution in [-0.4, -0.2) is 40.5 Å². The lowest BCUT2D eigenvalue weighted by molar-refractivity contribution is 0.394. The highest BCUT2D eigenvalue weighted by Crippen LogP contribution is 2.32. The number of sulfonamides is 1. The highest BCUT2D eigenvalue weighted by Gasteiger charge is 2.33. The van der Waals surface area contributed by atoms with Gasteiger partial charge in [-0.05, 0) is 31.0 Å². The minimum Gasteiger partial charge on any atom is -0.309 e. The quantitative estimate of drug-likeness (QED) is 0.923. The minimum absolute atomic E-state index is 0.220. The van der Waals surface area contributed by atoms with Gasteiger partial charge in [0.2, 0.25) is 16.0 Å². The van der Waals surface area contributed by atoms with Crippen LogP contribution in [0.25, 0.3) is 0 Å². The van der Waals surface area contributed by atoms with Crippen LogP contribution in [0.1, 0.15) is 24.6 Å². The lowest BCUT2D eigenvalue weighted by atomic mass is 10.1. The molecule has 0 amide bonds. The van der Waals surface area contributed by atoms with Gasteiger partial charge in [-0.3, -0.25) is 0 Å². The molecule has 1 fully saturated rings. The van der Waals surface area contributed by atoms with Crippen molar-refractivity contribution in [3.8, 4) is 0 Å². The first-order chi connectivity index (χ1) is 10.5. The summed E-state index contributed by atoms with van der Waals surface area (Å²) in [5.41, 5.74) is 0.705. The first-order valence-corrected chi connectivity index (χ1v) is 8.87. The molecular weight excluding hydrogens is 302 g/mol. The van der Waals surface area contributed by atoms with Crippen molar-refractivity contribution in [2.75, 3.05) is 18.1 Å². The molecule has 8 heteroatoms. The molecule has 0 unspecified atom stereocenters. The molecule has 0 saturated carbocycles. The van der Waals surface area contributed by atoms with Crippen molar-refractivity contribution in [2.24, 2.45) is 0 Å². The van der Waals surface area contributed by atoms with Gasteiger partial charge in [0.25, 0.3) is 0 Å². The van der Waals surface area contributed by atoms with Gasteiger partial charge >= 0.3 is 0 Å². The third kappa shape index (κ3) is 3.23. The van der Waals surface area contributed by atoms with Crippen LogP contribution in [0.3, 0.4) is 0 Å². The first-order valence-electron chi connectivity index (χ1n) is 7.02. The van der Waals surface area contributed by atoms with Crippen LogP contribution in [-0.2, 0) is 10.0 Å². The van der Waals surface area contributed by atoms with Gasteiger partial charge in [0, 0.05) is 18.9 Å². The second-order valence-electron chi connectivity index (χ2n) is 5.18. The fourth-order valence-electron chi connectivity index (χ4n) is 2.60.